The SMILES string of the molecule is CN1C2CCC1CN(c1ccc3cc([N+](=O)[O-])ccc3n1)C2. The Bertz CT molecular complexity index is 734. The Balaban J connectivity index is 1.66. The van der Waals surface area contributed by atoms with Crippen LogP contribution in [0.15, 0.2) is 30.3 Å². The number of anilines is 1. The van der Waals surface area contributed by atoms with E-state index >= 15 is 0 Å². The summed E-state index contributed by atoms with van der Waals surface area (Å²) in [4.78, 5) is 20.0. The molecule has 1 aromatic heterocycles. The van der Waals surface area contributed by atoms with E-state index in [4.69, 9.17) is 4.98 Å². The number of likely N-dealkylation sites (N-methyl/N-ethyl adjacent to an activating group) is 1. The zero-order valence-electron chi connectivity index (χ0n) is 12.5. The lowest BCUT2D eigenvalue weighted by molar-refractivity contribution is -0.384. The molecule has 22 heavy (non-hydrogen) atoms. The van der Waals surface area contributed by atoms with Crippen LogP contribution in [0.5, 0.6) is 0 Å². The van der Waals surface area contributed by atoms with E-state index in [9.17, 15) is 10.1 Å². The molecular weight excluding hydrogens is 280 g/mol. The average molecular weight is 298 g/mol. The van der Waals surface area contributed by atoms with Gasteiger partial charge in [0.15, 0.2) is 0 Å². The summed E-state index contributed by atoms with van der Waals surface area (Å²) in [5.74, 6) is 0.978. The fraction of sp³-hybridized carbons (Fsp3) is 0.438. The maximum absolute atomic E-state index is 10.8. The smallest absolute Gasteiger partial charge is 0.270 e. The first-order valence-electron chi connectivity index (χ1n) is 7.64. The van der Waals surface area contributed by atoms with E-state index < -0.39 is 0 Å². The molecule has 0 saturated carbocycles. The molecule has 6 heteroatoms. The summed E-state index contributed by atoms with van der Waals surface area (Å²) >= 11 is 0. The van der Waals surface area contributed by atoms with Crippen LogP contribution in [0.3, 0.4) is 0 Å². The van der Waals surface area contributed by atoms with Gasteiger partial charge in [-0.05, 0) is 38.1 Å². The van der Waals surface area contributed by atoms with Crippen LogP contribution in [-0.2, 0) is 0 Å². The third-order valence-corrected chi connectivity index (χ3v) is 5.04. The number of benzene rings is 1. The summed E-state index contributed by atoms with van der Waals surface area (Å²) in [5, 5.41) is 11.7. The number of piperazine rings is 1. The molecule has 2 aliphatic heterocycles. The van der Waals surface area contributed by atoms with Crippen molar-refractivity contribution in [3.8, 4) is 0 Å². The van der Waals surface area contributed by atoms with Gasteiger partial charge in [0.05, 0.1) is 10.4 Å². The Morgan fingerprint density at radius 2 is 1.91 bits per heavy atom. The lowest BCUT2D eigenvalue weighted by Gasteiger charge is -2.39. The number of non-ortho nitro benzene ring substituents is 1. The molecule has 2 fully saturated rings. The predicted octanol–water partition coefficient (Wildman–Crippen LogP) is 2.43. The number of aromatic nitrogens is 1. The Morgan fingerprint density at radius 3 is 2.59 bits per heavy atom. The monoisotopic (exact) mass is 298 g/mol. The molecular formula is C16H18N4O2. The molecule has 0 N–H and O–H groups in total. The fourth-order valence-electron chi connectivity index (χ4n) is 3.69. The van der Waals surface area contributed by atoms with Gasteiger partial charge >= 0.3 is 0 Å². The highest BCUT2D eigenvalue weighted by Gasteiger charge is 2.37. The standard InChI is InChI=1S/C16H18N4O2/c1-18-13-3-4-14(18)10-19(9-13)16-7-2-11-8-12(20(21)22)5-6-15(11)17-16/h2,5-8,13-14H,3-4,9-10H2,1H3. The van der Waals surface area contributed by atoms with Gasteiger partial charge in [0.25, 0.3) is 5.69 Å². The molecule has 2 aliphatic rings. The number of nitro groups is 1. The van der Waals surface area contributed by atoms with Gasteiger partial charge in [-0.3, -0.25) is 15.0 Å². The Kier molecular flexibility index (Phi) is 3.00. The Morgan fingerprint density at radius 1 is 1.18 bits per heavy atom. The Hall–Kier alpha value is -2.21. The van der Waals surface area contributed by atoms with Crippen LogP contribution in [0.2, 0.25) is 0 Å². The highest BCUT2D eigenvalue weighted by atomic mass is 16.6. The molecule has 6 nitrogen and oxygen atoms in total. The highest BCUT2D eigenvalue weighted by molar-refractivity contribution is 5.82. The predicted molar refractivity (Wildman–Crippen MR) is 85.2 cm³/mol. The highest BCUT2D eigenvalue weighted by Crippen LogP contribution is 2.31. The molecule has 0 radical (unpaired) electrons. The summed E-state index contributed by atoms with van der Waals surface area (Å²) in [6.07, 6.45) is 2.52. The van der Waals surface area contributed by atoms with Gasteiger partial charge in [-0.25, -0.2) is 4.98 Å². The summed E-state index contributed by atoms with van der Waals surface area (Å²) in [6, 6.07) is 10.00. The normalized spacial score (nSPS) is 24.9. The van der Waals surface area contributed by atoms with Crippen molar-refractivity contribution in [1.82, 2.24) is 9.88 Å². The maximum Gasteiger partial charge on any atom is 0.270 e. The molecule has 0 aliphatic carbocycles. The topological polar surface area (TPSA) is 62.5 Å². The number of fused-ring (bicyclic) bond motifs is 3. The molecule has 3 heterocycles. The van der Waals surface area contributed by atoms with E-state index in [2.05, 4.69) is 16.8 Å². The molecule has 2 saturated heterocycles. The quantitative estimate of drug-likeness (QED) is 0.629. The Labute approximate surface area is 128 Å². The molecule has 2 atom stereocenters. The first-order chi connectivity index (χ1) is 10.6. The first-order valence-corrected chi connectivity index (χ1v) is 7.64. The van der Waals surface area contributed by atoms with Crippen molar-refractivity contribution < 1.29 is 4.92 Å². The second kappa shape index (κ2) is 4.91. The number of nitrogens with zero attached hydrogens (tertiary/aromatic N) is 4. The van der Waals surface area contributed by atoms with Crippen LogP contribution in [0.1, 0.15) is 12.8 Å². The molecule has 2 unspecified atom stereocenters. The third-order valence-electron chi connectivity index (χ3n) is 5.04. The number of pyridine rings is 1. The van der Waals surface area contributed by atoms with E-state index in [-0.39, 0.29) is 10.6 Å². The van der Waals surface area contributed by atoms with Crippen LogP contribution in [0, 0.1) is 10.1 Å². The zero-order chi connectivity index (χ0) is 15.3. The van der Waals surface area contributed by atoms with Crippen LogP contribution in [0.25, 0.3) is 10.9 Å². The molecule has 0 amide bonds. The van der Waals surface area contributed by atoms with Crippen molar-refractivity contribution in [2.45, 2.75) is 24.9 Å². The van der Waals surface area contributed by atoms with Gasteiger partial charge in [0.2, 0.25) is 0 Å². The fourth-order valence-corrected chi connectivity index (χ4v) is 3.69. The van der Waals surface area contributed by atoms with Gasteiger partial charge in [-0.15, -0.1) is 0 Å². The molecule has 2 bridgehead atoms. The van der Waals surface area contributed by atoms with Crippen molar-refractivity contribution >= 4 is 22.4 Å². The van der Waals surface area contributed by atoms with E-state index in [1.165, 1.54) is 18.9 Å². The van der Waals surface area contributed by atoms with Gasteiger partial charge in [-0.2, -0.15) is 0 Å². The molecule has 0 spiro atoms. The second-order valence-corrected chi connectivity index (χ2v) is 6.26. The lowest BCUT2D eigenvalue weighted by atomic mass is 10.1. The van der Waals surface area contributed by atoms with E-state index in [1.807, 2.05) is 12.1 Å². The molecule has 1 aromatic carbocycles. The summed E-state index contributed by atoms with van der Waals surface area (Å²) in [5.41, 5.74) is 0.925. The van der Waals surface area contributed by atoms with Crippen LogP contribution >= 0.6 is 0 Å². The first kappa shape index (κ1) is 13.5. The minimum Gasteiger partial charge on any atom is -0.353 e. The van der Waals surface area contributed by atoms with Gasteiger partial charge in [-0.1, -0.05) is 0 Å². The van der Waals surface area contributed by atoms with Crippen molar-refractivity contribution in [3.63, 3.8) is 0 Å². The summed E-state index contributed by atoms with van der Waals surface area (Å²) < 4.78 is 0. The summed E-state index contributed by atoms with van der Waals surface area (Å²) in [6.45, 7) is 2.02. The molecule has 2 aromatic rings. The van der Waals surface area contributed by atoms with Crippen molar-refractivity contribution in [1.29, 1.82) is 0 Å². The number of nitro benzene ring substituents is 1. The number of hydrogen-bond donors (Lipinski definition) is 0. The summed E-state index contributed by atoms with van der Waals surface area (Å²) in [7, 11) is 2.21. The van der Waals surface area contributed by atoms with Crippen molar-refractivity contribution in [3.05, 3.63) is 40.4 Å². The third kappa shape index (κ3) is 2.11. The molecule has 4 rings (SSSR count). The minimum atomic E-state index is -0.370. The number of rotatable bonds is 2. The van der Waals surface area contributed by atoms with Crippen LogP contribution in [-0.4, -0.2) is 47.0 Å². The van der Waals surface area contributed by atoms with Crippen LogP contribution in [0.4, 0.5) is 11.5 Å². The number of hydrogen-bond acceptors (Lipinski definition) is 5. The van der Waals surface area contributed by atoms with E-state index in [0.29, 0.717) is 12.1 Å². The average Bonchev–Trinajstić information content (AvgIpc) is 2.75. The molecule has 114 valence electrons. The van der Waals surface area contributed by atoms with E-state index in [1.54, 1.807) is 12.1 Å². The largest absolute Gasteiger partial charge is 0.353 e. The lowest BCUT2D eigenvalue weighted by Crippen LogP contribution is -2.52. The van der Waals surface area contributed by atoms with Gasteiger partial charge in [0.1, 0.15) is 5.82 Å². The van der Waals surface area contributed by atoms with Gasteiger partial charge < -0.3 is 4.90 Å². The van der Waals surface area contributed by atoms with Crippen molar-refractivity contribution in [2.24, 2.45) is 0 Å². The van der Waals surface area contributed by atoms with Crippen LogP contribution < -0.4 is 4.90 Å². The van der Waals surface area contributed by atoms with E-state index in [0.717, 1.165) is 29.8 Å². The van der Waals surface area contributed by atoms with Gasteiger partial charge in [0, 0.05) is 42.7 Å². The minimum absolute atomic E-state index is 0.111. The second-order valence-electron chi connectivity index (χ2n) is 6.26. The maximum atomic E-state index is 10.8. The van der Waals surface area contributed by atoms with Crippen molar-refractivity contribution in [2.75, 3.05) is 25.0 Å². The zero-order valence-corrected chi connectivity index (χ0v) is 12.5.